The Hall–Kier alpha value is -0.270. The van der Waals surface area contributed by atoms with Crippen LogP contribution in [0.4, 0.5) is 0 Å². The zero-order valence-corrected chi connectivity index (χ0v) is 17.8. The molecule has 5 nitrogen and oxygen atoms in total. The van der Waals surface area contributed by atoms with Crippen molar-refractivity contribution < 1.29 is 24.8 Å². The molecule has 1 heterocycles. The van der Waals surface area contributed by atoms with Gasteiger partial charge in [0.1, 0.15) is 18.3 Å². The molecule has 0 saturated carbocycles. The normalized spacial score (nSPS) is 25.5. The Kier molecular flexibility index (Phi) is 14.3. The van der Waals surface area contributed by atoms with Gasteiger partial charge in [-0.3, -0.25) is 0 Å². The lowest BCUT2D eigenvalue weighted by atomic mass is 10.0. The maximum absolute atomic E-state index is 10.1. The van der Waals surface area contributed by atoms with Crippen molar-refractivity contribution in [3.8, 4) is 0 Å². The third-order valence-corrected chi connectivity index (χ3v) is 5.56. The van der Waals surface area contributed by atoms with Crippen molar-refractivity contribution in [2.75, 3.05) is 13.2 Å². The standard InChI is InChI=1S/C21H40O5S/c1-2-3-4-5-6-7-8-9-10-11-12-13-14-19(27)26-21-17(23)16-25-18(15-22)20(21)24/h17-18,20-24H,2-16H2,1H3/t17-,18+,20+,21+/m0/s1. The van der Waals surface area contributed by atoms with E-state index in [4.69, 9.17) is 21.7 Å². The lowest BCUT2D eigenvalue weighted by molar-refractivity contribution is -0.190. The zero-order valence-electron chi connectivity index (χ0n) is 17.0. The summed E-state index contributed by atoms with van der Waals surface area (Å²) >= 11 is 5.25. The molecule has 0 bridgehead atoms. The number of hydrogen-bond donors (Lipinski definition) is 3. The quantitative estimate of drug-likeness (QED) is 0.284. The summed E-state index contributed by atoms with van der Waals surface area (Å²) in [6.45, 7) is 1.98. The van der Waals surface area contributed by atoms with Gasteiger partial charge in [-0.25, -0.2) is 0 Å². The number of ether oxygens (including phenoxy) is 2. The fourth-order valence-electron chi connectivity index (χ4n) is 3.48. The molecule has 3 N–H and O–H groups in total. The van der Waals surface area contributed by atoms with E-state index in [0.29, 0.717) is 11.5 Å². The van der Waals surface area contributed by atoms with Crippen molar-refractivity contribution in [2.24, 2.45) is 0 Å². The molecule has 0 radical (unpaired) electrons. The molecule has 0 amide bonds. The second-order valence-corrected chi connectivity index (χ2v) is 8.16. The minimum atomic E-state index is -1.07. The van der Waals surface area contributed by atoms with Crippen LogP contribution in [-0.2, 0) is 9.47 Å². The molecule has 1 aliphatic heterocycles. The highest BCUT2D eigenvalue weighted by molar-refractivity contribution is 7.80. The predicted molar refractivity (Wildman–Crippen MR) is 112 cm³/mol. The summed E-state index contributed by atoms with van der Waals surface area (Å²) in [5.41, 5.74) is 0. The monoisotopic (exact) mass is 404 g/mol. The largest absolute Gasteiger partial charge is 0.478 e. The van der Waals surface area contributed by atoms with Gasteiger partial charge < -0.3 is 24.8 Å². The molecule has 27 heavy (non-hydrogen) atoms. The Labute approximate surface area is 170 Å². The molecule has 0 aromatic carbocycles. The molecular formula is C21H40O5S. The van der Waals surface area contributed by atoms with Crippen LogP contribution < -0.4 is 0 Å². The smallest absolute Gasteiger partial charge is 0.160 e. The van der Waals surface area contributed by atoms with Gasteiger partial charge in [0.05, 0.1) is 13.2 Å². The summed E-state index contributed by atoms with van der Waals surface area (Å²) in [6.07, 6.45) is 12.6. The van der Waals surface area contributed by atoms with Gasteiger partial charge in [0.25, 0.3) is 0 Å². The summed E-state index contributed by atoms with van der Waals surface area (Å²) < 4.78 is 10.8. The first kappa shape index (κ1) is 24.8. The average Bonchev–Trinajstić information content (AvgIpc) is 2.66. The van der Waals surface area contributed by atoms with Gasteiger partial charge in [-0.05, 0) is 18.6 Å². The highest BCUT2D eigenvalue weighted by atomic mass is 32.1. The maximum Gasteiger partial charge on any atom is 0.160 e. The number of aliphatic hydroxyl groups is 3. The molecule has 0 spiro atoms. The first-order valence-electron chi connectivity index (χ1n) is 10.9. The third kappa shape index (κ3) is 10.7. The highest BCUT2D eigenvalue weighted by Crippen LogP contribution is 2.20. The van der Waals surface area contributed by atoms with E-state index < -0.39 is 24.4 Å². The van der Waals surface area contributed by atoms with Crippen LogP contribution in [0.15, 0.2) is 0 Å². The molecule has 0 aromatic heterocycles. The summed E-state index contributed by atoms with van der Waals surface area (Å²) in [7, 11) is 0. The number of unbranched alkanes of at least 4 members (excludes halogenated alkanes) is 11. The lowest BCUT2D eigenvalue weighted by Crippen LogP contribution is -2.55. The van der Waals surface area contributed by atoms with E-state index >= 15 is 0 Å². The van der Waals surface area contributed by atoms with E-state index in [1.807, 2.05) is 0 Å². The van der Waals surface area contributed by atoms with E-state index in [1.165, 1.54) is 64.2 Å². The molecule has 6 heteroatoms. The second-order valence-electron chi connectivity index (χ2n) is 7.71. The van der Waals surface area contributed by atoms with E-state index in [-0.39, 0.29) is 13.2 Å². The van der Waals surface area contributed by atoms with Gasteiger partial charge in [0.2, 0.25) is 0 Å². The van der Waals surface area contributed by atoms with Crippen LogP contribution in [0.3, 0.4) is 0 Å². The summed E-state index contributed by atoms with van der Waals surface area (Å²) in [4.78, 5) is 0. The molecule has 0 aliphatic carbocycles. The summed E-state index contributed by atoms with van der Waals surface area (Å²) in [5.74, 6) is 0. The molecule has 1 saturated heterocycles. The number of aliphatic hydroxyl groups excluding tert-OH is 3. The Bertz CT molecular complexity index is 380. The molecule has 0 aromatic rings. The summed E-state index contributed by atoms with van der Waals surface area (Å²) in [5, 5.41) is 29.6. The maximum atomic E-state index is 10.1. The number of hydrogen-bond acceptors (Lipinski definition) is 6. The predicted octanol–water partition coefficient (Wildman–Crippen LogP) is 3.90. The summed E-state index contributed by atoms with van der Waals surface area (Å²) in [6, 6.07) is 0. The average molecular weight is 405 g/mol. The van der Waals surface area contributed by atoms with Crippen molar-refractivity contribution in [1.82, 2.24) is 0 Å². The minimum Gasteiger partial charge on any atom is -0.478 e. The van der Waals surface area contributed by atoms with Gasteiger partial charge in [0.15, 0.2) is 11.2 Å². The Morgan fingerprint density at radius 2 is 1.44 bits per heavy atom. The lowest BCUT2D eigenvalue weighted by Gasteiger charge is -2.37. The topological polar surface area (TPSA) is 79.2 Å². The van der Waals surface area contributed by atoms with Crippen molar-refractivity contribution in [1.29, 1.82) is 0 Å². The van der Waals surface area contributed by atoms with Gasteiger partial charge in [-0.15, -0.1) is 0 Å². The van der Waals surface area contributed by atoms with E-state index in [1.54, 1.807) is 0 Å². The third-order valence-electron chi connectivity index (χ3n) is 5.26. The van der Waals surface area contributed by atoms with Crippen molar-refractivity contribution in [3.63, 3.8) is 0 Å². The van der Waals surface area contributed by atoms with Gasteiger partial charge >= 0.3 is 0 Å². The molecular weight excluding hydrogens is 364 g/mol. The molecule has 1 rings (SSSR count). The van der Waals surface area contributed by atoms with E-state index in [0.717, 1.165) is 12.8 Å². The van der Waals surface area contributed by atoms with E-state index in [2.05, 4.69) is 6.92 Å². The molecule has 1 aliphatic rings. The number of rotatable bonds is 15. The van der Waals surface area contributed by atoms with E-state index in [9.17, 15) is 15.3 Å². The molecule has 160 valence electrons. The number of thiocarbonyl (C=S) groups is 1. The first-order chi connectivity index (χ1) is 13.1. The second kappa shape index (κ2) is 15.6. The van der Waals surface area contributed by atoms with Crippen LogP contribution in [0.2, 0.25) is 0 Å². The van der Waals surface area contributed by atoms with Crippen molar-refractivity contribution in [3.05, 3.63) is 0 Å². The Balaban J connectivity index is 1.99. The molecule has 4 atom stereocenters. The Morgan fingerprint density at radius 1 is 0.926 bits per heavy atom. The van der Waals surface area contributed by atoms with Crippen LogP contribution in [0.5, 0.6) is 0 Å². The van der Waals surface area contributed by atoms with Gasteiger partial charge in [-0.1, -0.05) is 77.6 Å². The minimum absolute atomic E-state index is 0.0359. The fourth-order valence-corrected chi connectivity index (χ4v) is 3.74. The highest BCUT2D eigenvalue weighted by Gasteiger charge is 2.40. The first-order valence-corrected chi connectivity index (χ1v) is 11.3. The van der Waals surface area contributed by atoms with Crippen LogP contribution >= 0.6 is 12.2 Å². The van der Waals surface area contributed by atoms with Gasteiger partial charge in [-0.2, -0.15) is 0 Å². The van der Waals surface area contributed by atoms with Crippen LogP contribution in [0.25, 0.3) is 0 Å². The fraction of sp³-hybridized carbons (Fsp3) is 0.952. The molecule has 0 unspecified atom stereocenters. The SMILES string of the molecule is CCCCCCCCCCCCCCC(=S)O[C@H]1[C@H](O)[C@@H](CO)OC[C@@H]1O. The zero-order chi connectivity index (χ0) is 19.9. The van der Waals surface area contributed by atoms with Crippen LogP contribution in [0, 0.1) is 0 Å². The van der Waals surface area contributed by atoms with Gasteiger partial charge in [0, 0.05) is 6.42 Å². The molecule has 1 fully saturated rings. The van der Waals surface area contributed by atoms with Crippen molar-refractivity contribution >= 4 is 17.3 Å². The Morgan fingerprint density at radius 3 is 1.96 bits per heavy atom. The van der Waals surface area contributed by atoms with Crippen molar-refractivity contribution in [2.45, 2.75) is 115 Å². The van der Waals surface area contributed by atoms with Crippen LogP contribution in [0.1, 0.15) is 90.4 Å². The van der Waals surface area contributed by atoms with Crippen LogP contribution in [-0.4, -0.2) is 58.0 Å².